The molecule has 1 aromatic heterocycles. The minimum absolute atomic E-state index is 0.0718. The lowest BCUT2D eigenvalue weighted by atomic mass is 10.1. The van der Waals surface area contributed by atoms with Gasteiger partial charge in [0, 0.05) is 18.2 Å². The second kappa shape index (κ2) is 12.2. The highest BCUT2D eigenvalue weighted by molar-refractivity contribution is 7.89. The Hall–Kier alpha value is -4.02. The van der Waals surface area contributed by atoms with Gasteiger partial charge in [-0.1, -0.05) is 44.2 Å². The molecule has 0 fully saturated rings. The third-order valence-electron chi connectivity index (χ3n) is 6.09. The number of ether oxygens (including phenoxy) is 1. The van der Waals surface area contributed by atoms with Crippen LogP contribution in [0.3, 0.4) is 0 Å². The van der Waals surface area contributed by atoms with E-state index in [1.54, 1.807) is 30.3 Å². The Morgan fingerprint density at radius 2 is 1.69 bits per heavy atom. The number of carbonyl (C=O) groups excluding carboxylic acids is 1. The van der Waals surface area contributed by atoms with Crippen LogP contribution in [0.4, 0.5) is 10.2 Å². The van der Waals surface area contributed by atoms with Crippen molar-refractivity contribution in [1.29, 1.82) is 0 Å². The van der Waals surface area contributed by atoms with Gasteiger partial charge in [0.15, 0.2) is 0 Å². The largest absolute Gasteiger partial charge is 0.497 e. The zero-order valence-electron chi connectivity index (χ0n) is 22.0. The summed E-state index contributed by atoms with van der Waals surface area (Å²) < 4.78 is 48.4. The standard InChI is InChI=1S/C29H31FN4O4S/c1-21(2)17-18-33(39(36,37)26-15-13-25(38-3)14-16-26)20-29(35)31-28-19-27(22-7-5-4-6-8-22)32-34(28)24-11-9-23(30)10-12-24/h4-16,19,21H,17-18,20H2,1-3H3,(H,31,35). The highest BCUT2D eigenvalue weighted by atomic mass is 32.2. The molecule has 4 rings (SSSR count). The van der Waals surface area contributed by atoms with Gasteiger partial charge in [-0.05, 0) is 60.9 Å². The molecule has 39 heavy (non-hydrogen) atoms. The van der Waals surface area contributed by atoms with Crippen LogP contribution >= 0.6 is 0 Å². The average Bonchev–Trinajstić information content (AvgIpc) is 3.35. The van der Waals surface area contributed by atoms with Gasteiger partial charge in [-0.25, -0.2) is 17.5 Å². The van der Waals surface area contributed by atoms with E-state index in [1.807, 2.05) is 44.2 Å². The van der Waals surface area contributed by atoms with Crippen molar-refractivity contribution in [2.24, 2.45) is 5.92 Å². The van der Waals surface area contributed by atoms with Crippen LogP contribution in [0.1, 0.15) is 20.3 Å². The van der Waals surface area contributed by atoms with Gasteiger partial charge in [0.05, 0.1) is 29.9 Å². The Morgan fingerprint density at radius 3 is 2.31 bits per heavy atom. The van der Waals surface area contributed by atoms with Gasteiger partial charge in [-0.2, -0.15) is 9.40 Å². The molecule has 0 spiro atoms. The van der Waals surface area contributed by atoms with Crippen LogP contribution < -0.4 is 10.1 Å². The van der Waals surface area contributed by atoms with Crippen molar-refractivity contribution in [3.05, 3.63) is 90.7 Å². The molecule has 204 valence electrons. The maximum absolute atomic E-state index is 13.6. The number of carbonyl (C=O) groups is 1. The highest BCUT2D eigenvalue weighted by Gasteiger charge is 2.27. The normalized spacial score (nSPS) is 11.6. The van der Waals surface area contributed by atoms with Crippen molar-refractivity contribution in [2.75, 3.05) is 25.5 Å². The number of sulfonamides is 1. The zero-order valence-corrected chi connectivity index (χ0v) is 22.9. The van der Waals surface area contributed by atoms with Crippen LogP contribution in [0, 0.1) is 11.7 Å². The number of hydrogen-bond acceptors (Lipinski definition) is 5. The number of hydrogen-bond donors (Lipinski definition) is 1. The van der Waals surface area contributed by atoms with E-state index in [-0.39, 0.29) is 17.4 Å². The summed E-state index contributed by atoms with van der Waals surface area (Å²) in [4.78, 5) is 13.4. The molecule has 0 radical (unpaired) electrons. The molecule has 0 saturated carbocycles. The summed E-state index contributed by atoms with van der Waals surface area (Å²) in [6.45, 7) is 3.76. The first-order valence-corrected chi connectivity index (χ1v) is 14.0. The molecule has 0 aliphatic carbocycles. The van der Waals surface area contributed by atoms with E-state index in [0.717, 1.165) is 5.56 Å². The quantitative estimate of drug-likeness (QED) is 0.271. The fraction of sp³-hybridized carbons (Fsp3) is 0.241. The summed E-state index contributed by atoms with van der Waals surface area (Å²) in [5.74, 6) is 0.165. The average molecular weight is 551 g/mol. The van der Waals surface area contributed by atoms with Gasteiger partial charge in [-0.3, -0.25) is 4.79 Å². The molecule has 3 aromatic carbocycles. The smallest absolute Gasteiger partial charge is 0.243 e. The fourth-order valence-corrected chi connectivity index (χ4v) is 5.34. The minimum Gasteiger partial charge on any atom is -0.497 e. The Balaban J connectivity index is 1.63. The zero-order chi connectivity index (χ0) is 28.0. The Kier molecular flexibility index (Phi) is 8.78. The van der Waals surface area contributed by atoms with Gasteiger partial charge < -0.3 is 10.1 Å². The lowest BCUT2D eigenvalue weighted by Crippen LogP contribution is -2.39. The van der Waals surface area contributed by atoms with Crippen molar-refractivity contribution in [1.82, 2.24) is 14.1 Å². The van der Waals surface area contributed by atoms with Gasteiger partial charge in [0.25, 0.3) is 0 Å². The predicted octanol–water partition coefficient (Wildman–Crippen LogP) is 5.36. The monoisotopic (exact) mass is 550 g/mol. The Morgan fingerprint density at radius 1 is 1.03 bits per heavy atom. The van der Waals surface area contributed by atoms with E-state index in [2.05, 4.69) is 10.4 Å². The van der Waals surface area contributed by atoms with Gasteiger partial charge in [-0.15, -0.1) is 0 Å². The molecule has 0 aliphatic heterocycles. The number of nitrogens with zero attached hydrogens (tertiary/aromatic N) is 3. The molecule has 0 aliphatic rings. The SMILES string of the molecule is COc1ccc(S(=O)(=O)N(CCC(C)C)CC(=O)Nc2cc(-c3ccccc3)nn2-c2ccc(F)cc2)cc1. The molecular weight excluding hydrogens is 519 g/mol. The topological polar surface area (TPSA) is 93.5 Å². The lowest BCUT2D eigenvalue weighted by Gasteiger charge is -2.23. The van der Waals surface area contributed by atoms with E-state index in [0.29, 0.717) is 29.4 Å². The molecule has 0 atom stereocenters. The number of amides is 1. The summed E-state index contributed by atoms with van der Waals surface area (Å²) in [6, 6.07) is 22.9. The third kappa shape index (κ3) is 6.90. The molecule has 0 bridgehead atoms. The first-order valence-electron chi connectivity index (χ1n) is 12.5. The van der Waals surface area contributed by atoms with Crippen LogP contribution in [0.25, 0.3) is 16.9 Å². The predicted molar refractivity (Wildman–Crippen MR) is 149 cm³/mol. The number of aromatic nitrogens is 2. The second-order valence-electron chi connectivity index (χ2n) is 9.41. The van der Waals surface area contributed by atoms with Crippen LogP contribution in [-0.2, 0) is 14.8 Å². The second-order valence-corrected chi connectivity index (χ2v) is 11.4. The third-order valence-corrected chi connectivity index (χ3v) is 7.95. The van der Waals surface area contributed by atoms with E-state index in [4.69, 9.17) is 4.74 Å². The first kappa shape index (κ1) is 28.0. The number of anilines is 1. The molecule has 1 amide bonds. The van der Waals surface area contributed by atoms with E-state index in [9.17, 15) is 17.6 Å². The van der Waals surface area contributed by atoms with Gasteiger partial charge >= 0.3 is 0 Å². The summed E-state index contributed by atoms with van der Waals surface area (Å²) in [5, 5.41) is 7.44. The van der Waals surface area contributed by atoms with E-state index in [1.165, 1.54) is 40.4 Å². The van der Waals surface area contributed by atoms with Crippen LogP contribution in [0.2, 0.25) is 0 Å². The Labute approximate surface area is 228 Å². The van der Waals surface area contributed by atoms with Crippen molar-refractivity contribution in [2.45, 2.75) is 25.2 Å². The number of methoxy groups -OCH3 is 1. The van der Waals surface area contributed by atoms with Crippen LogP contribution in [-0.4, -0.2) is 48.6 Å². The number of rotatable bonds is 11. The van der Waals surface area contributed by atoms with Crippen molar-refractivity contribution in [3.8, 4) is 22.7 Å². The molecule has 0 saturated heterocycles. The van der Waals surface area contributed by atoms with Gasteiger partial charge in [0.2, 0.25) is 15.9 Å². The van der Waals surface area contributed by atoms with Crippen LogP contribution in [0.5, 0.6) is 5.75 Å². The molecule has 4 aromatic rings. The fourth-order valence-electron chi connectivity index (χ4n) is 3.92. The van der Waals surface area contributed by atoms with Crippen molar-refractivity contribution < 1.29 is 22.3 Å². The summed E-state index contributed by atoms with van der Waals surface area (Å²) in [5.41, 5.74) is 1.96. The summed E-state index contributed by atoms with van der Waals surface area (Å²) >= 11 is 0. The number of nitrogens with one attached hydrogen (secondary N) is 1. The Bertz CT molecular complexity index is 1500. The van der Waals surface area contributed by atoms with Gasteiger partial charge in [0.1, 0.15) is 17.4 Å². The molecular formula is C29H31FN4O4S. The van der Waals surface area contributed by atoms with E-state index >= 15 is 0 Å². The van der Waals surface area contributed by atoms with E-state index < -0.39 is 28.3 Å². The minimum atomic E-state index is -3.96. The van der Waals surface area contributed by atoms with Crippen molar-refractivity contribution in [3.63, 3.8) is 0 Å². The van der Waals surface area contributed by atoms with Crippen LogP contribution in [0.15, 0.2) is 89.8 Å². The molecule has 0 unspecified atom stereocenters. The number of benzene rings is 3. The molecule has 1 N–H and O–H groups in total. The lowest BCUT2D eigenvalue weighted by molar-refractivity contribution is -0.116. The number of halogens is 1. The molecule has 10 heteroatoms. The maximum atomic E-state index is 13.6. The van der Waals surface area contributed by atoms with Crippen molar-refractivity contribution >= 4 is 21.7 Å². The maximum Gasteiger partial charge on any atom is 0.243 e. The highest BCUT2D eigenvalue weighted by Crippen LogP contribution is 2.26. The molecule has 8 nitrogen and oxygen atoms in total. The molecule has 1 heterocycles. The first-order chi connectivity index (χ1) is 18.7. The summed E-state index contributed by atoms with van der Waals surface area (Å²) in [6.07, 6.45) is 0.578. The summed E-state index contributed by atoms with van der Waals surface area (Å²) in [7, 11) is -2.46.